The van der Waals surface area contributed by atoms with Crippen molar-refractivity contribution in [3.63, 3.8) is 0 Å². The Balaban J connectivity index is 4.24. The number of esters is 2. The van der Waals surface area contributed by atoms with Gasteiger partial charge in [0.05, 0.1) is 13.2 Å². The van der Waals surface area contributed by atoms with E-state index < -0.39 is 26.5 Å². The predicted octanol–water partition coefficient (Wildman–Crippen LogP) is 10.0. The van der Waals surface area contributed by atoms with Crippen molar-refractivity contribution in [3.05, 3.63) is 24.3 Å². The lowest BCUT2D eigenvalue weighted by Gasteiger charge is -2.19. The highest BCUT2D eigenvalue weighted by molar-refractivity contribution is 7.47. The molecular formula is C37H70NO8P. The summed E-state index contributed by atoms with van der Waals surface area (Å²) in [6, 6.07) is 0. The van der Waals surface area contributed by atoms with Gasteiger partial charge in [0, 0.05) is 19.4 Å². The summed E-state index contributed by atoms with van der Waals surface area (Å²) in [5, 5.41) is 0. The second-order valence-corrected chi connectivity index (χ2v) is 13.9. The molecule has 2 atom stereocenters. The van der Waals surface area contributed by atoms with Crippen LogP contribution in [-0.4, -0.2) is 49.3 Å². The molecule has 276 valence electrons. The lowest BCUT2D eigenvalue weighted by Crippen LogP contribution is -2.29. The number of rotatable bonds is 35. The van der Waals surface area contributed by atoms with Crippen molar-refractivity contribution in [1.29, 1.82) is 0 Å². The van der Waals surface area contributed by atoms with Crippen LogP contribution in [0.4, 0.5) is 0 Å². The molecule has 0 heterocycles. The van der Waals surface area contributed by atoms with E-state index >= 15 is 0 Å². The van der Waals surface area contributed by atoms with Crippen LogP contribution in [0.3, 0.4) is 0 Å². The molecule has 0 fully saturated rings. The monoisotopic (exact) mass is 687 g/mol. The number of unbranched alkanes of at least 4 members (excludes halogenated alkanes) is 18. The number of ether oxygens (including phenoxy) is 2. The Morgan fingerprint density at radius 1 is 0.638 bits per heavy atom. The minimum atomic E-state index is -4.37. The molecule has 0 saturated heterocycles. The van der Waals surface area contributed by atoms with Gasteiger partial charge in [-0.2, -0.15) is 0 Å². The van der Waals surface area contributed by atoms with Crippen LogP contribution in [0, 0.1) is 0 Å². The lowest BCUT2D eigenvalue weighted by molar-refractivity contribution is -0.161. The zero-order valence-corrected chi connectivity index (χ0v) is 30.9. The second kappa shape index (κ2) is 34.4. The molecule has 2 unspecified atom stereocenters. The summed E-state index contributed by atoms with van der Waals surface area (Å²) in [6.07, 6.45) is 33.5. The second-order valence-electron chi connectivity index (χ2n) is 12.4. The van der Waals surface area contributed by atoms with Gasteiger partial charge < -0.3 is 20.1 Å². The molecular weight excluding hydrogens is 617 g/mol. The number of phosphoric acid groups is 1. The van der Waals surface area contributed by atoms with Crippen LogP contribution in [-0.2, 0) is 32.7 Å². The van der Waals surface area contributed by atoms with Gasteiger partial charge in [-0.15, -0.1) is 0 Å². The average Bonchev–Trinajstić information content (AvgIpc) is 3.05. The average molecular weight is 688 g/mol. The van der Waals surface area contributed by atoms with E-state index in [2.05, 4.69) is 38.2 Å². The molecule has 9 nitrogen and oxygen atoms in total. The smallest absolute Gasteiger partial charge is 0.462 e. The summed E-state index contributed by atoms with van der Waals surface area (Å²) >= 11 is 0. The Hall–Kier alpha value is -1.51. The fraction of sp³-hybridized carbons (Fsp3) is 0.838. The fourth-order valence-electron chi connectivity index (χ4n) is 5.02. The Kier molecular flexibility index (Phi) is 33.3. The summed E-state index contributed by atoms with van der Waals surface area (Å²) in [5.41, 5.74) is 5.32. The first-order valence-corrected chi connectivity index (χ1v) is 20.3. The van der Waals surface area contributed by atoms with Crippen molar-refractivity contribution in [3.8, 4) is 0 Å². The quantitative estimate of drug-likeness (QED) is 0.0289. The molecule has 0 saturated carbocycles. The van der Waals surface area contributed by atoms with Crippen LogP contribution in [0.15, 0.2) is 24.3 Å². The van der Waals surface area contributed by atoms with Gasteiger partial charge in [0.25, 0.3) is 0 Å². The third-order valence-corrected chi connectivity index (χ3v) is 8.82. The minimum absolute atomic E-state index is 0.0521. The Morgan fingerprint density at radius 3 is 1.64 bits per heavy atom. The zero-order valence-electron chi connectivity index (χ0n) is 30.0. The van der Waals surface area contributed by atoms with E-state index in [9.17, 15) is 19.0 Å². The van der Waals surface area contributed by atoms with E-state index in [4.69, 9.17) is 24.3 Å². The maximum Gasteiger partial charge on any atom is 0.472 e. The highest BCUT2D eigenvalue weighted by Gasteiger charge is 2.25. The van der Waals surface area contributed by atoms with E-state index in [0.29, 0.717) is 6.42 Å². The van der Waals surface area contributed by atoms with Crippen molar-refractivity contribution in [2.45, 2.75) is 174 Å². The van der Waals surface area contributed by atoms with Gasteiger partial charge in [-0.05, 0) is 44.9 Å². The third kappa shape index (κ3) is 34.2. The first kappa shape index (κ1) is 45.5. The molecule has 0 amide bonds. The SMILES string of the molecule is CCCCCC/C=C\C/C=C\CCCCCCCC(=O)OC(COC(=O)CCCCCCCCCCCC)COP(=O)(O)OCCN. The minimum Gasteiger partial charge on any atom is -0.462 e. The van der Waals surface area contributed by atoms with Crippen molar-refractivity contribution in [2.75, 3.05) is 26.4 Å². The first-order chi connectivity index (χ1) is 22.8. The highest BCUT2D eigenvalue weighted by Crippen LogP contribution is 2.43. The molecule has 0 aliphatic rings. The van der Waals surface area contributed by atoms with Crippen LogP contribution in [0.25, 0.3) is 0 Å². The number of hydrogen-bond donors (Lipinski definition) is 2. The number of allylic oxidation sites excluding steroid dienone is 4. The summed E-state index contributed by atoms with van der Waals surface area (Å²) in [7, 11) is -4.37. The molecule has 47 heavy (non-hydrogen) atoms. The van der Waals surface area contributed by atoms with Gasteiger partial charge in [-0.3, -0.25) is 18.6 Å². The largest absolute Gasteiger partial charge is 0.472 e. The Morgan fingerprint density at radius 2 is 1.11 bits per heavy atom. The number of phosphoric ester groups is 1. The maximum absolute atomic E-state index is 12.5. The molecule has 0 aromatic rings. The van der Waals surface area contributed by atoms with Gasteiger partial charge in [-0.25, -0.2) is 4.57 Å². The summed E-state index contributed by atoms with van der Waals surface area (Å²) in [4.78, 5) is 34.6. The van der Waals surface area contributed by atoms with Gasteiger partial charge in [0.1, 0.15) is 6.61 Å². The van der Waals surface area contributed by atoms with E-state index in [1.54, 1.807) is 0 Å². The Bertz CT molecular complexity index is 835. The number of hydrogen-bond acceptors (Lipinski definition) is 8. The third-order valence-electron chi connectivity index (χ3n) is 7.84. The van der Waals surface area contributed by atoms with Crippen LogP contribution in [0.5, 0.6) is 0 Å². The number of carbonyl (C=O) groups is 2. The van der Waals surface area contributed by atoms with E-state index in [1.807, 2.05) is 0 Å². The van der Waals surface area contributed by atoms with E-state index in [1.165, 1.54) is 77.0 Å². The normalized spacial score (nSPS) is 13.7. The van der Waals surface area contributed by atoms with Gasteiger partial charge in [-0.1, -0.05) is 134 Å². The van der Waals surface area contributed by atoms with Crippen LogP contribution in [0.2, 0.25) is 0 Å². The lowest BCUT2D eigenvalue weighted by atomic mass is 10.1. The Labute approximate surface area is 287 Å². The molecule has 10 heteroatoms. The molecule has 0 aliphatic heterocycles. The zero-order chi connectivity index (χ0) is 34.7. The molecule has 0 bridgehead atoms. The fourth-order valence-corrected chi connectivity index (χ4v) is 5.78. The molecule has 0 spiro atoms. The van der Waals surface area contributed by atoms with Gasteiger partial charge >= 0.3 is 19.8 Å². The van der Waals surface area contributed by atoms with Crippen molar-refractivity contribution in [2.24, 2.45) is 5.73 Å². The van der Waals surface area contributed by atoms with E-state index in [-0.39, 0.29) is 38.6 Å². The van der Waals surface area contributed by atoms with Crippen molar-refractivity contribution < 1.29 is 37.6 Å². The standard InChI is InChI=1S/C37H70NO8P/c1-3-5-7-9-11-13-15-16-17-18-19-20-22-24-26-28-30-37(40)46-35(34-45-47(41,42)44-32-31-38)33-43-36(39)29-27-25-23-21-14-12-10-8-6-4-2/h13,15,17-18,35H,3-12,14,16,19-34,38H2,1-2H3,(H,41,42)/b15-13-,18-17-. The predicted molar refractivity (Wildman–Crippen MR) is 192 cm³/mol. The summed E-state index contributed by atoms with van der Waals surface area (Å²) in [6.45, 7) is 3.67. The van der Waals surface area contributed by atoms with Crippen molar-refractivity contribution >= 4 is 19.8 Å². The van der Waals surface area contributed by atoms with Crippen molar-refractivity contribution in [1.82, 2.24) is 0 Å². The molecule has 0 aromatic heterocycles. The van der Waals surface area contributed by atoms with Crippen LogP contribution in [0.1, 0.15) is 168 Å². The highest BCUT2D eigenvalue weighted by atomic mass is 31.2. The van der Waals surface area contributed by atoms with E-state index in [0.717, 1.165) is 57.8 Å². The summed E-state index contributed by atoms with van der Waals surface area (Å²) < 4.78 is 32.6. The van der Waals surface area contributed by atoms with Gasteiger partial charge in [0.2, 0.25) is 0 Å². The number of carbonyl (C=O) groups excluding carboxylic acids is 2. The topological polar surface area (TPSA) is 134 Å². The molecule has 0 aromatic carbocycles. The van der Waals surface area contributed by atoms with Gasteiger partial charge in [0.15, 0.2) is 6.10 Å². The number of nitrogens with two attached hydrogens (primary N) is 1. The molecule has 0 aliphatic carbocycles. The maximum atomic E-state index is 12.5. The molecule has 0 rings (SSSR count). The molecule has 0 radical (unpaired) electrons. The molecule has 3 N–H and O–H groups in total. The van der Waals surface area contributed by atoms with Crippen LogP contribution < -0.4 is 5.73 Å². The summed E-state index contributed by atoms with van der Waals surface area (Å²) in [5.74, 6) is -0.845. The van der Waals surface area contributed by atoms with Crippen LogP contribution >= 0.6 is 7.82 Å². The first-order valence-electron chi connectivity index (χ1n) is 18.8.